The molecule has 2 rings (SSSR count). The maximum atomic E-state index is 12.3. The minimum Gasteiger partial charge on any atom is -0.399 e. The predicted molar refractivity (Wildman–Crippen MR) is 84.9 cm³/mol. The summed E-state index contributed by atoms with van der Waals surface area (Å²) < 4.78 is 0. The van der Waals surface area contributed by atoms with Crippen molar-refractivity contribution >= 4 is 11.6 Å². The minimum atomic E-state index is -0.672. The van der Waals surface area contributed by atoms with Gasteiger partial charge in [0.25, 0.3) is 0 Å². The molecule has 0 heterocycles. The molecule has 0 spiro atoms. The number of benzene rings is 1. The number of likely N-dealkylation sites (N-methyl/N-ethyl adjacent to an activating group) is 1. The van der Waals surface area contributed by atoms with E-state index in [9.17, 15) is 9.90 Å². The largest absolute Gasteiger partial charge is 0.399 e. The normalized spacial score (nSPS) is 18.4. The third kappa shape index (κ3) is 4.21. The first-order valence-electron chi connectivity index (χ1n) is 7.71. The van der Waals surface area contributed by atoms with Crippen LogP contribution in [0.4, 0.5) is 5.69 Å². The molecule has 0 bridgehead atoms. The predicted octanol–water partition coefficient (Wildman–Crippen LogP) is 2.53. The van der Waals surface area contributed by atoms with Crippen molar-refractivity contribution in [2.24, 2.45) is 0 Å². The van der Waals surface area contributed by atoms with Crippen LogP contribution in [0.2, 0.25) is 0 Å². The third-order valence-electron chi connectivity index (χ3n) is 4.48. The molecule has 116 valence electrons. The zero-order valence-corrected chi connectivity index (χ0v) is 13.0. The summed E-state index contributed by atoms with van der Waals surface area (Å²) in [5, 5.41) is 10.4. The smallest absolute Gasteiger partial charge is 0.223 e. The standard InChI is InChI=1S/C17H26N2O2/c1-13(14-5-7-15(18)8-6-14)11-16(20)19(2)12-17(21)9-3-4-10-17/h5-8,13,21H,3-4,9-12,18H2,1-2H3. The van der Waals surface area contributed by atoms with Crippen LogP contribution in [0.1, 0.15) is 50.5 Å². The van der Waals surface area contributed by atoms with Gasteiger partial charge in [0, 0.05) is 25.7 Å². The lowest BCUT2D eigenvalue weighted by Crippen LogP contribution is -2.42. The van der Waals surface area contributed by atoms with Gasteiger partial charge in [0.1, 0.15) is 0 Å². The van der Waals surface area contributed by atoms with Gasteiger partial charge in [-0.3, -0.25) is 4.79 Å². The van der Waals surface area contributed by atoms with Crippen molar-refractivity contribution in [3.05, 3.63) is 29.8 Å². The molecule has 21 heavy (non-hydrogen) atoms. The summed E-state index contributed by atoms with van der Waals surface area (Å²) in [6.07, 6.45) is 4.17. The maximum Gasteiger partial charge on any atom is 0.223 e. The van der Waals surface area contributed by atoms with Crippen molar-refractivity contribution in [2.45, 2.75) is 50.5 Å². The molecule has 1 aromatic carbocycles. The number of amides is 1. The Morgan fingerprint density at radius 3 is 2.48 bits per heavy atom. The number of aliphatic hydroxyl groups is 1. The van der Waals surface area contributed by atoms with E-state index < -0.39 is 5.60 Å². The van der Waals surface area contributed by atoms with Crippen LogP contribution in [0, 0.1) is 0 Å². The number of hydrogen-bond acceptors (Lipinski definition) is 3. The molecule has 1 aliphatic rings. The highest BCUT2D eigenvalue weighted by Gasteiger charge is 2.33. The summed E-state index contributed by atoms with van der Waals surface area (Å²) in [5.74, 6) is 0.235. The number of anilines is 1. The highest BCUT2D eigenvalue weighted by molar-refractivity contribution is 5.77. The molecule has 1 unspecified atom stereocenters. The van der Waals surface area contributed by atoms with Crippen LogP contribution in [-0.2, 0) is 4.79 Å². The number of nitrogen functional groups attached to an aromatic ring is 1. The lowest BCUT2D eigenvalue weighted by atomic mass is 9.96. The summed E-state index contributed by atoms with van der Waals surface area (Å²) in [6, 6.07) is 7.66. The van der Waals surface area contributed by atoms with E-state index in [0.29, 0.717) is 13.0 Å². The Hall–Kier alpha value is -1.55. The van der Waals surface area contributed by atoms with Gasteiger partial charge in [-0.15, -0.1) is 0 Å². The quantitative estimate of drug-likeness (QED) is 0.819. The molecule has 1 aliphatic carbocycles. The van der Waals surface area contributed by atoms with Crippen molar-refractivity contribution < 1.29 is 9.90 Å². The van der Waals surface area contributed by atoms with Gasteiger partial charge in [-0.25, -0.2) is 0 Å². The van der Waals surface area contributed by atoms with Crippen molar-refractivity contribution in [3.8, 4) is 0 Å². The van der Waals surface area contributed by atoms with E-state index in [1.165, 1.54) is 0 Å². The summed E-state index contributed by atoms with van der Waals surface area (Å²) in [7, 11) is 1.79. The van der Waals surface area contributed by atoms with Crippen LogP contribution in [-0.4, -0.2) is 35.1 Å². The van der Waals surface area contributed by atoms with Gasteiger partial charge in [-0.05, 0) is 36.5 Å². The van der Waals surface area contributed by atoms with Crippen LogP contribution < -0.4 is 5.73 Å². The Labute approximate surface area is 126 Å². The summed E-state index contributed by atoms with van der Waals surface area (Å²) >= 11 is 0. The van der Waals surface area contributed by atoms with Crippen molar-refractivity contribution in [3.63, 3.8) is 0 Å². The van der Waals surface area contributed by atoms with Crippen molar-refractivity contribution in [2.75, 3.05) is 19.3 Å². The molecule has 0 saturated heterocycles. The number of nitrogens with zero attached hydrogens (tertiary/aromatic N) is 1. The molecule has 0 radical (unpaired) electrons. The maximum absolute atomic E-state index is 12.3. The second kappa shape index (κ2) is 6.48. The average molecular weight is 290 g/mol. The van der Waals surface area contributed by atoms with Crippen LogP contribution in [0.25, 0.3) is 0 Å². The fraction of sp³-hybridized carbons (Fsp3) is 0.588. The molecule has 0 aliphatic heterocycles. The Bertz CT molecular complexity index is 478. The van der Waals surface area contributed by atoms with E-state index in [4.69, 9.17) is 5.73 Å². The molecule has 4 nitrogen and oxygen atoms in total. The number of carbonyl (C=O) groups is 1. The Balaban J connectivity index is 1.89. The molecule has 3 N–H and O–H groups in total. The first kappa shape index (κ1) is 15.8. The number of nitrogens with two attached hydrogens (primary N) is 1. The van der Waals surface area contributed by atoms with Crippen LogP contribution in [0.3, 0.4) is 0 Å². The highest BCUT2D eigenvalue weighted by atomic mass is 16.3. The number of rotatable bonds is 5. The number of carbonyl (C=O) groups excluding carboxylic acids is 1. The Morgan fingerprint density at radius 2 is 1.90 bits per heavy atom. The molecule has 1 saturated carbocycles. The van der Waals surface area contributed by atoms with Gasteiger partial charge in [-0.1, -0.05) is 31.9 Å². The average Bonchev–Trinajstić information content (AvgIpc) is 2.85. The van der Waals surface area contributed by atoms with Crippen LogP contribution in [0.15, 0.2) is 24.3 Å². The first-order chi connectivity index (χ1) is 9.89. The van der Waals surface area contributed by atoms with E-state index in [1.807, 2.05) is 31.2 Å². The lowest BCUT2D eigenvalue weighted by molar-refractivity contribution is -0.133. The molecule has 1 atom stereocenters. The fourth-order valence-electron chi connectivity index (χ4n) is 3.08. The second-order valence-corrected chi connectivity index (χ2v) is 6.45. The molecule has 1 fully saturated rings. The van der Waals surface area contributed by atoms with Gasteiger partial charge >= 0.3 is 0 Å². The summed E-state index contributed by atoms with van der Waals surface area (Å²) in [5.41, 5.74) is 6.86. The Morgan fingerprint density at radius 1 is 1.33 bits per heavy atom. The zero-order chi connectivity index (χ0) is 15.5. The van der Waals surface area contributed by atoms with E-state index in [1.54, 1.807) is 11.9 Å². The van der Waals surface area contributed by atoms with Gasteiger partial charge in [0.05, 0.1) is 5.60 Å². The number of hydrogen-bond donors (Lipinski definition) is 2. The molecule has 1 amide bonds. The topological polar surface area (TPSA) is 66.6 Å². The SMILES string of the molecule is CC(CC(=O)N(C)CC1(O)CCCC1)c1ccc(N)cc1. The van der Waals surface area contributed by atoms with E-state index in [0.717, 1.165) is 36.9 Å². The highest BCUT2D eigenvalue weighted by Crippen LogP contribution is 2.30. The van der Waals surface area contributed by atoms with E-state index in [-0.39, 0.29) is 11.8 Å². The van der Waals surface area contributed by atoms with E-state index in [2.05, 4.69) is 0 Å². The van der Waals surface area contributed by atoms with Crippen molar-refractivity contribution in [1.82, 2.24) is 4.90 Å². The van der Waals surface area contributed by atoms with Crippen LogP contribution in [0.5, 0.6) is 0 Å². The molecular weight excluding hydrogens is 264 g/mol. The lowest BCUT2D eigenvalue weighted by Gasteiger charge is -2.29. The summed E-state index contributed by atoms with van der Waals surface area (Å²) in [6.45, 7) is 2.49. The van der Waals surface area contributed by atoms with Gasteiger partial charge in [0.2, 0.25) is 5.91 Å². The molecule has 4 heteroatoms. The first-order valence-corrected chi connectivity index (χ1v) is 7.71. The van der Waals surface area contributed by atoms with Gasteiger partial charge in [0.15, 0.2) is 0 Å². The fourth-order valence-corrected chi connectivity index (χ4v) is 3.08. The second-order valence-electron chi connectivity index (χ2n) is 6.45. The Kier molecular flexibility index (Phi) is 4.88. The third-order valence-corrected chi connectivity index (χ3v) is 4.48. The summed E-state index contributed by atoms with van der Waals surface area (Å²) in [4.78, 5) is 14.0. The minimum absolute atomic E-state index is 0.0830. The van der Waals surface area contributed by atoms with Crippen molar-refractivity contribution in [1.29, 1.82) is 0 Å². The molecule has 1 aromatic rings. The van der Waals surface area contributed by atoms with E-state index >= 15 is 0 Å². The van der Waals surface area contributed by atoms with Crippen LogP contribution >= 0.6 is 0 Å². The zero-order valence-electron chi connectivity index (χ0n) is 13.0. The van der Waals surface area contributed by atoms with Gasteiger partial charge < -0.3 is 15.7 Å². The molecular formula is C17H26N2O2. The monoisotopic (exact) mass is 290 g/mol. The van der Waals surface area contributed by atoms with Gasteiger partial charge in [-0.2, -0.15) is 0 Å². The molecule has 0 aromatic heterocycles.